The molecular weight excluding hydrogens is 583 g/mol. The number of nitrogens with zero attached hydrogens (tertiary/aromatic N) is 4. The fraction of sp³-hybridized carbons (Fsp3) is 0.706. The van der Waals surface area contributed by atoms with Gasteiger partial charge in [0.2, 0.25) is 0 Å². The molecular formula is C34H64Cl2N4O3. The summed E-state index contributed by atoms with van der Waals surface area (Å²) >= 11 is 0. The molecule has 4 aliphatic heterocycles. The van der Waals surface area contributed by atoms with Crippen LogP contribution in [0.25, 0.3) is 0 Å². The lowest BCUT2D eigenvalue weighted by atomic mass is 10.00. The van der Waals surface area contributed by atoms with Gasteiger partial charge in [0.25, 0.3) is 0 Å². The van der Waals surface area contributed by atoms with Crippen molar-refractivity contribution in [2.45, 2.75) is 79.1 Å². The van der Waals surface area contributed by atoms with Gasteiger partial charge in [-0.2, -0.15) is 0 Å². The summed E-state index contributed by atoms with van der Waals surface area (Å²) in [6.45, 7) is 19.2. The number of allylic oxidation sites excluding steroid dienone is 6. The second-order valence-electron chi connectivity index (χ2n) is 12.6. The van der Waals surface area contributed by atoms with Gasteiger partial charge in [0, 0.05) is 64.0 Å². The molecule has 0 radical (unpaired) electrons. The maximum Gasteiger partial charge on any atom is 0.163 e. The molecule has 0 bridgehead atoms. The normalized spacial score (nSPS) is 23.4. The monoisotopic (exact) mass is 646 g/mol. The average Bonchev–Trinajstić information content (AvgIpc) is 2.93. The minimum Gasteiger partial charge on any atom is -1.00 e. The Morgan fingerprint density at radius 3 is 1.00 bits per heavy atom. The summed E-state index contributed by atoms with van der Waals surface area (Å²) in [7, 11) is 0. The smallest absolute Gasteiger partial charge is 0.163 e. The molecule has 4 rings (SSSR count). The zero-order chi connectivity index (χ0) is 27.0. The molecule has 0 unspecified atom stereocenters. The van der Waals surface area contributed by atoms with Gasteiger partial charge in [0.15, 0.2) is 12.4 Å². The van der Waals surface area contributed by atoms with Crippen LogP contribution in [0.1, 0.15) is 79.1 Å². The number of hydrogen-bond donors (Lipinski definition) is 0. The summed E-state index contributed by atoms with van der Waals surface area (Å²) < 4.78 is 4.87. The molecule has 43 heavy (non-hydrogen) atoms. The van der Waals surface area contributed by atoms with Gasteiger partial charge in [0.1, 0.15) is 26.2 Å². The minimum absolute atomic E-state index is 0. The van der Waals surface area contributed by atoms with E-state index in [9.17, 15) is 0 Å². The largest absolute Gasteiger partial charge is 1.00 e. The molecule has 0 aromatic heterocycles. The maximum atomic E-state index is 2.44. The Hall–Kier alpha value is -1.64. The average molecular weight is 648 g/mol. The van der Waals surface area contributed by atoms with Gasteiger partial charge in [0.05, 0.1) is 0 Å². The molecule has 9 heteroatoms. The summed E-state index contributed by atoms with van der Waals surface area (Å²) in [5, 5.41) is 0. The Labute approximate surface area is 275 Å². The minimum atomic E-state index is 0. The van der Waals surface area contributed by atoms with E-state index in [0.29, 0.717) is 0 Å². The molecule has 4 saturated heterocycles. The fourth-order valence-electron chi connectivity index (χ4n) is 5.52. The molecule has 4 fully saturated rings. The van der Waals surface area contributed by atoms with Crippen LogP contribution in [0.4, 0.5) is 0 Å². The lowest BCUT2D eigenvalue weighted by Crippen LogP contribution is -3.00. The molecule has 0 aliphatic carbocycles. The Morgan fingerprint density at radius 2 is 0.698 bits per heavy atom. The van der Waals surface area contributed by atoms with Crippen molar-refractivity contribution in [1.29, 1.82) is 0 Å². The van der Waals surface area contributed by atoms with E-state index in [0.717, 1.165) is 23.7 Å². The first-order chi connectivity index (χ1) is 18.5. The van der Waals surface area contributed by atoms with Crippen LogP contribution in [0, 0.1) is 23.7 Å². The highest BCUT2D eigenvalue weighted by Crippen LogP contribution is 2.17. The zero-order valence-electron chi connectivity index (χ0n) is 27.4. The van der Waals surface area contributed by atoms with Crippen LogP contribution in [0.5, 0.6) is 0 Å². The molecule has 0 amide bonds. The quantitative estimate of drug-likeness (QED) is 0.249. The Kier molecular flexibility index (Phi) is 28.5. The predicted octanol–water partition coefficient (Wildman–Crippen LogP) is -1.86. The summed E-state index contributed by atoms with van der Waals surface area (Å²) in [5.41, 5.74) is 0. The molecule has 0 aromatic rings. The lowest BCUT2D eigenvalue weighted by molar-refractivity contribution is -0.535. The molecule has 0 aromatic carbocycles. The van der Waals surface area contributed by atoms with E-state index >= 15 is 0 Å². The van der Waals surface area contributed by atoms with E-state index in [-0.39, 0.29) is 41.2 Å². The van der Waals surface area contributed by atoms with Crippen LogP contribution in [0.15, 0.2) is 48.9 Å². The number of piperidine rings is 4. The van der Waals surface area contributed by atoms with Crippen LogP contribution in [0.2, 0.25) is 0 Å². The molecule has 0 atom stereocenters. The van der Waals surface area contributed by atoms with Crippen LogP contribution < -0.4 is 24.8 Å². The number of rotatable bonds is 6. The highest BCUT2D eigenvalue weighted by molar-refractivity contribution is 5.67. The van der Waals surface area contributed by atoms with Gasteiger partial charge >= 0.3 is 0 Å². The predicted molar refractivity (Wildman–Crippen MR) is 176 cm³/mol. The molecule has 0 spiro atoms. The van der Waals surface area contributed by atoms with Crippen LogP contribution in [-0.4, -0.2) is 100 Å². The van der Waals surface area contributed by atoms with Gasteiger partial charge in [-0.3, -0.25) is 0 Å². The second-order valence-corrected chi connectivity index (χ2v) is 12.6. The Morgan fingerprint density at radius 1 is 0.419 bits per heavy atom. The van der Waals surface area contributed by atoms with Crippen LogP contribution >= 0.6 is 0 Å². The first kappa shape index (κ1) is 45.8. The first-order valence-electron chi connectivity index (χ1n) is 15.8. The molecule has 4 aliphatic rings. The van der Waals surface area contributed by atoms with E-state index in [1.807, 2.05) is 0 Å². The van der Waals surface area contributed by atoms with Gasteiger partial charge in [-0.25, -0.2) is 9.15 Å². The van der Waals surface area contributed by atoms with Gasteiger partial charge in [-0.05, 0) is 73.9 Å². The first-order valence-corrected chi connectivity index (χ1v) is 15.8. The Bertz CT molecular complexity index is 770. The van der Waals surface area contributed by atoms with Gasteiger partial charge in [-0.15, -0.1) is 0 Å². The fourth-order valence-corrected chi connectivity index (χ4v) is 5.52. The summed E-state index contributed by atoms with van der Waals surface area (Å²) in [6, 6.07) is 0. The molecule has 6 N–H and O–H groups in total. The summed E-state index contributed by atoms with van der Waals surface area (Å²) in [4.78, 5) is 4.87. The van der Waals surface area contributed by atoms with E-state index < -0.39 is 0 Å². The second kappa shape index (κ2) is 26.7. The number of likely N-dealkylation sites (tertiary alicyclic amines) is 2. The van der Waals surface area contributed by atoms with E-state index in [4.69, 9.17) is 0 Å². The van der Waals surface area contributed by atoms with Crippen molar-refractivity contribution in [2.24, 2.45) is 23.7 Å². The summed E-state index contributed by atoms with van der Waals surface area (Å²) in [6.07, 6.45) is 32.7. The third-order valence-electron chi connectivity index (χ3n) is 8.90. The van der Waals surface area contributed by atoms with Crippen LogP contribution in [0.3, 0.4) is 0 Å². The standard InChI is InChI=1S/2C17H29N2.2ClH.3H2O/c2*1-16-6-12-18(13-7-16)10-4-3-5-11-19-14-8-17(2)9-15-19;;;;;/h2*3-5,10-11,16-17H,6-9,12-15H2,1-2H3;2*1H;3*1H2/q2*+1;;;;;/p-2. The van der Waals surface area contributed by atoms with E-state index in [1.165, 1.54) is 104 Å². The van der Waals surface area contributed by atoms with E-state index in [2.05, 4.69) is 108 Å². The zero-order valence-corrected chi connectivity index (χ0v) is 29.0. The van der Waals surface area contributed by atoms with Crippen molar-refractivity contribution in [2.75, 3.05) is 52.4 Å². The van der Waals surface area contributed by atoms with Crippen molar-refractivity contribution in [3.63, 3.8) is 0 Å². The lowest BCUT2D eigenvalue weighted by Gasteiger charge is -2.28. The maximum absolute atomic E-state index is 2.44. The molecule has 0 saturated carbocycles. The highest BCUT2D eigenvalue weighted by atomic mass is 35.5. The van der Waals surface area contributed by atoms with Crippen molar-refractivity contribution < 1.29 is 50.4 Å². The van der Waals surface area contributed by atoms with Crippen LogP contribution in [-0.2, 0) is 0 Å². The molecule has 252 valence electrons. The summed E-state index contributed by atoms with van der Waals surface area (Å²) in [5.74, 6) is 3.65. The van der Waals surface area contributed by atoms with Gasteiger partial charge in [-0.1, -0.05) is 39.8 Å². The van der Waals surface area contributed by atoms with Crippen molar-refractivity contribution in [3.05, 3.63) is 48.9 Å². The molecule has 4 heterocycles. The SMILES string of the molecule is CC1CCN(C=CC=CC=[N+]2CCC(C)CC2)CC1.CC1CCN(C=CC=CC=[N+]2CCC(C)CC2)CC1.O.O.O.[Cl-].[Cl-]. The topological polar surface area (TPSA) is 107 Å². The van der Waals surface area contributed by atoms with E-state index in [1.54, 1.807) is 0 Å². The number of hydrogen-bond acceptors (Lipinski definition) is 2. The Balaban J connectivity index is -0.000000667. The number of halogens is 2. The highest BCUT2D eigenvalue weighted by Gasteiger charge is 2.17. The van der Waals surface area contributed by atoms with Crippen molar-refractivity contribution >= 4 is 12.4 Å². The van der Waals surface area contributed by atoms with Crippen molar-refractivity contribution in [3.8, 4) is 0 Å². The molecule has 7 nitrogen and oxygen atoms in total. The third-order valence-corrected chi connectivity index (χ3v) is 8.90. The van der Waals surface area contributed by atoms with Crippen molar-refractivity contribution in [1.82, 2.24) is 9.80 Å². The van der Waals surface area contributed by atoms with Gasteiger partial charge < -0.3 is 51.0 Å². The third kappa shape index (κ3) is 20.1.